The second-order valence-electron chi connectivity index (χ2n) is 4.02. The van der Waals surface area contributed by atoms with E-state index < -0.39 is 0 Å². The van der Waals surface area contributed by atoms with Crippen LogP contribution < -0.4 is 5.32 Å². The lowest BCUT2D eigenvalue weighted by atomic mass is 10.0. The van der Waals surface area contributed by atoms with Crippen molar-refractivity contribution in [2.24, 2.45) is 7.05 Å². The van der Waals surface area contributed by atoms with Crippen molar-refractivity contribution < 1.29 is 0 Å². The SMILES string of the molecule is CNC(Cc1ccsc1)c1cn(C)nc1C. The molecule has 0 aliphatic heterocycles. The molecule has 1 N–H and O–H groups in total. The molecule has 2 aromatic rings. The number of aromatic nitrogens is 2. The molecule has 1 atom stereocenters. The van der Waals surface area contributed by atoms with Crippen LogP contribution >= 0.6 is 11.3 Å². The Kier molecular flexibility index (Phi) is 3.41. The highest BCUT2D eigenvalue weighted by atomic mass is 32.1. The van der Waals surface area contributed by atoms with Crippen molar-refractivity contribution in [3.63, 3.8) is 0 Å². The van der Waals surface area contributed by atoms with Crippen LogP contribution in [0.15, 0.2) is 23.0 Å². The number of nitrogens with zero attached hydrogens (tertiary/aromatic N) is 2. The number of thiophene rings is 1. The van der Waals surface area contributed by atoms with Gasteiger partial charge in [0.2, 0.25) is 0 Å². The predicted octanol–water partition coefficient (Wildman–Crippen LogP) is 2.29. The van der Waals surface area contributed by atoms with E-state index in [1.54, 1.807) is 11.3 Å². The minimum Gasteiger partial charge on any atom is -0.313 e. The summed E-state index contributed by atoms with van der Waals surface area (Å²) in [5.41, 5.74) is 3.78. The van der Waals surface area contributed by atoms with Crippen molar-refractivity contribution in [1.29, 1.82) is 0 Å². The Balaban J connectivity index is 2.19. The second kappa shape index (κ2) is 4.80. The van der Waals surface area contributed by atoms with E-state index in [1.165, 1.54) is 11.1 Å². The smallest absolute Gasteiger partial charge is 0.0641 e. The van der Waals surface area contributed by atoms with E-state index in [4.69, 9.17) is 0 Å². The van der Waals surface area contributed by atoms with E-state index in [0.717, 1.165) is 12.1 Å². The van der Waals surface area contributed by atoms with E-state index in [2.05, 4.69) is 40.4 Å². The van der Waals surface area contributed by atoms with Gasteiger partial charge in [-0.15, -0.1) is 0 Å². The van der Waals surface area contributed by atoms with Gasteiger partial charge in [0.25, 0.3) is 0 Å². The van der Waals surface area contributed by atoms with Gasteiger partial charge in [-0.2, -0.15) is 16.4 Å². The van der Waals surface area contributed by atoms with Crippen LogP contribution in [0.4, 0.5) is 0 Å². The summed E-state index contributed by atoms with van der Waals surface area (Å²) in [6.07, 6.45) is 3.12. The lowest BCUT2D eigenvalue weighted by Gasteiger charge is -2.14. The molecule has 0 spiro atoms. The standard InChI is InChI=1S/C12H17N3S/c1-9-11(7-15(3)14-9)12(13-2)6-10-4-5-16-8-10/h4-5,7-8,12-13H,6H2,1-3H3. The second-order valence-corrected chi connectivity index (χ2v) is 4.80. The summed E-state index contributed by atoms with van der Waals surface area (Å²) in [6.45, 7) is 2.06. The molecule has 16 heavy (non-hydrogen) atoms. The predicted molar refractivity (Wildman–Crippen MR) is 67.8 cm³/mol. The summed E-state index contributed by atoms with van der Waals surface area (Å²) in [7, 11) is 3.97. The zero-order valence-corrected chi connectivity index (χ0v) is 10.7. The number of aryl methyl sites for hydroxylation is 2. The molecule has 2 rings (SSSR count). The molecular weight excluding hydrogens is 218 g/mol. The zero-order valence-electron chi connectivity index (χ0n) is 9.90. The van der Waals surface area contributed by atoms with Crippen LogP contribution in [-0.4, -0.2) is 16.8 Å². The van der Waals surface area contributed by atoms with Gasteiger partial charge < -0.3 is 5.32 Å². The molecule has 0 saturated heterocycles. The number of hydrogen-bond donors (Lipinski definition) is 1. The zero-order chi connectivity index (χ0) is 11.5. The molecule has 0 bridgehead atoms. The summed E-state index contributed by atoms with van der Waals surface area (Å²) < 4.78 is 1.88. The Bertz CT molecular complexity index is 445. The molecular formula is C12H17N3S. The van der Waals surface area contributed by atoms with E-state index in [9.17, 15) is 0 Å². The minimum atomic E-state index is 0.350. The summed E-state index contributed by atoms with van der Waals surface area (Å²) in [5, 5.41) is 12.1. The third-order valence-corrected chi connectivity index (χ3v) is 3.53. The van der Waals surface area contributed by atoms with Crippen LogP contribution in [0.2, 0.25) is 0 Å². The highest BCUT2D eigenvalue weighted by Gasteiger charge is 2.15. The largest absolute Gasteiger partial charge is 0.313 e. The highest BCUT2D eigenvalue weighted by Crippen LogP contribution is 2.21. The van der Waals surface area contributed by atoms with Crippen LogP contribution in [0.3, 0.4) is 0 Å². The Morgan fingerprint density at radius 2 is 2.38 bits per heavy atom. The molecule has 86 valence electrons. The maximum Gasteiger partial charge on any atom is 0.0641 e. The van der Waals surface area contributed by atoms with Crippen LogP contribution in [0.1, 0.15) is 22.9 Å². The fourth-order valence-electron chi connectivity index (χ4n) is 1.97. The maximum absolute atomic E-state index is 4.39. The van der Waals surface area contributed by atoms with Crippen molar-refractivity contribution in [3.8, 4) is 0 Å². The molecule has 0 radical (unpaired) electrons. The Hall–Kier alpha value is -1.13. The first kappa shape index (κ1) is 11.4. The molecule has 0 fully saturated rings. The highest BCUT2D eigenvalue weighted by molar-refractivity contribution is 7.07. The number of hydrogen-bond acceptors (Lipinski definition) is 3. The van der Waals surface area contributed by atoms with E-state index in [1.807, 2.05) is 18.8 Å². The van der Waals surface area contributed by atoms with Gasteiger partial charge in [0, 0.05) is 24.8 Å². The third kappa shape index (κ3) is 2.33. The van der Waals surface area contributed by atoms with Gasteiger partial charge >= 0.3 is 0 Å². The van der Waals surface area contributed by atoms with E-state index >= 15 is 0 Å². The molecule has 0 aliphatic rings. The molecule has 0 aliphatic carbocycles. The van der Waals surface area contributed by atoms with Crippen molar-refractivity contribution in [2.45, 2.75) is 19.4 Å². The number of likely N-dealkylation sites (N-methyl/N-ethyl adjacent to an activating group) is 1. The van der Waals surface area contributed by atoms with Crippen molar-refractivity contribution in [2.75, 3.05) is 7.05 Å². The fraction of sp³-hybridized carbons (Fsp3) is 0.417. The van der Waals surface area contributed by atoms with Gasteiger partial charge in [-0.05, 0) is 42.8 Å². The summed E-state index contributed by atoms with van der Waals surface area (Å²) in [4.78, 5) is 0. The van der Waals surface area contributed by atoms with Crippen LogP contribution in [0.25, 0.3) is 0 Å². The van der Waals surface area contributed by atoms with Gasteiger partial charge in [-0.25, -0.2) is 0 Å². The van der Waals surface area contributed by atoms with Crippen LogP contribution in [0.5, 0.6) is 0 Å². The van der Waals surface area contributed by atoms with E-state index in [0.29, 0.717) is 6.04 Å². The minimum absolute atomic E-state index is 0.350. The van der Waals surface area contributed by atoms with Gasteiger partial charge in [0.15, 0.2) is 0 Å². The summed E-state index contributed by atoms with van der Waals surface area (Å²) in [5.74, 6) is 0. The molecule has 2 heterocycles. The van der Waals surface area contributed by atoms with Gasteiger partial charge in [-0.1, -0.05) is 0 Å². The average molecular weight is 235 g/mol. The summed E-state index contributed by atoms with van der Waals surface area (Å²) >= 11 is 1.75. The van der Waals surface area contributed by atoms with Gasteiger partial charge in [0.1, 0.15) is 0 Å². The molecule has 0 saturated carbocycles. The fourth-order valence-corrected chi connectivity index (χ4v) is 2.65. The van der Waals surface area contributed by atoms with Crippen molar-refractivity contribution >= 4 is 11.3 Å². The van der Waals surface area contributed by atoms with Crippen molar-refractivity contribution in [3.05, 3.63) is 39.8 Å². The van der Waals surface area contributed by atoms with Crippen molar-refractivity contribution in [1.82, 2.24) is 15.1 Å². The lowest BCUT2D eigenvalue weighted by molar-refractivity contribution is 0.589. The lowest BCUT2D eigenvalue weighted by Crippen LogP contribution is -2.19. The monoisotopic (exact) mass is 235 g/mol. The Morgan fingerprint density at radius 3 is 2.88 bits per heavy atom. The van der Waals surface area contributed by atoms with Gasteiger partial charge in [-0.3, -0.25) is 4.68 Å². The first-order chi connectivity index (χ1) is 7.70. The molecule has 1 unspecified atom stereocenters. The Labute approximate surface area is 100 Å². The third-order valence-electron chi connectivity index (χ3n) is 2.80. The van der Waals surface area contributed by atoms with Gasteiger partial charge in [0.05, 0.1) is 5.69 Å². The number of rotatable bonds is 4. The molecule has 2 aromatic heterocycles. The Morgan fingerprint density at radius 1 is 1.56 bits per heavy atom. The first-order valence-corrected chi connectivity index (χ1v) is 6.33. The average Bonchev–Trinajstić information content (AvgIpc) is 2.85. The summed E-state index contributed by atoms with van der Waals surface area (Å²) in [6, 6.07) is 2.53. The maximum atomic E-state index is 4.39. The topological polar surface area (TPSA) is 29.9 Å². The molecule has 0 amide bonds. The quantitative estimate of drug-likeness (QED) is 0.881. The normalized spacial score (nSPS) is 12.9. The van der Waals surface area contributed by atoms with Crippen LogP contribution in [0, 0.1) is 6.92 Å². The molecule has 0 aromatic carbocycles. The number of nitrogens with one attached hydrogen (secondary N) is 1. The first-order valence-electron chi connectivity index (χ1n) is 5.39. The van der Waals surface area contributed by atoms with E-state index in [-0.39, 0.29) is 0 Å². The molecule has 4 heteroatoms. The van der Waals surface area contributed by atoms with Crippen LogP contribution in [-0.2, 0) is 13.5 Å². The molecule has 3 nitrogen and oxygen atoms in total.